The maximum atomic E-state index is 13.8. The van der Waals surface area contributed by atoms with Gasteiger partial charge in [0.05, 0.1) is 22.4 Å². The van der Waals surface area contributed by atoms with Crippen LogP contribution in [0.25, 0.3) is 44.3 Å². The number of hydrogen-bond acceptors (Lipinski definition) is 4. The number of hydrogen-bond donors (Lipinski definition) is 0. The Morgan fingerprint density at radius 2 is 1.08 bits per heavy atom. The Labute approximate surface area is 315 Å². The second-order valence-electron chi connectivity index (χ2n) is 11.4. The average Bonchev–Trinajstić information content (AvgIpc) is 3.09. The van der Waals surface area contributed by atoms with Crippen LogP contribution in [0.5, 0.6) is 0 Å². The summed E-state index contributed by atoms with van der Waals surface area (Å²) in [5.41, 5.74) is 8.99. The first-order valence-electron chi connectivity index (χ1n) is 15.5. The molecule has 0 saturated carbocycles. The van der Waals surface area contributed by atoms with Crippen molar-refractivity contribution in [3.05, 3.63) is 125 Å². The number of fused-ring (bicyclic) bond motifs is 2. The molecule has 6 rings (SSSR count). The summed E-state index contributed by atoms with van der Waals surface area (Å²) in [5, 5.41) is 2.55. The van der Waals surface area contributed by atoms with Gasteiger partial charge in [-0.15, -0.1) is 0 Å². The van der Waals surface area contributed by atoms with Crippen molar-refractivity contribution in [2.24, 2.45) is 0 Å². The zero-order valence-corrected chi connectivity index (χ0v) is 34.3. The third-order valence-corrected chi connectivity index (χ3v) is 7.78. The molecule has 6 aromatic rings. The molecule has 0 spiro atoms. The van der Waals surface area contributed by atoms with Gasteiger partial charge < -0.3 is 6.92 Å². The predicted molar refractivity (Wildman–Crippen MR) is 198 cm³/mol. The van der Waals surface area contributed by atoms with Crippen molar-refractivity contribution in [2.45, 2.75) is 60.1 Å². The van der Waals surface area contributed by atoms with Crippen molar-refractivity contribution >= 4 is 53.2 Å². The zero-order chi connectivity index (χ0) is 37.2. The average molecular weight is 870 g/mol. The van der Waals surface area contributed by atoms with Crippen LogP contribution in [0.2, 0.25) is 5.02 Å². The molecule has 0 N–H and O–H groups in total. The van der Waals surface area contributed by atoms with Gasteiger partial charge >= 0.3 is 40.7 Å². The molecule has 0 radical (unpaired) electrons. The quantitative estimate of drug-likeness (QED) is 0.0766. The van der Waals surface area contributed by atoms with E-state index < -0.39 is 12.6 Å². The number of alkyl halides is 3. The molecule has 4 aromatic carbocycles. The van der Waals surface area contributed by atoms with Gasteiger partial charge in [0.15, 0.2) is 0 Å². The molecule has 0 fully saturated rings. The van der Waals surface area contributed by atoms with E-state index in [4.69, 9.17) is 11.6 Å². The van der Waals surface area contributed by atoms with E-state index in [0.717, 1.165) is 57.2 Å². The molecular formula is C38H35ClF5IN4Zn. The van der Waals surface area contributed by atoms with Crippen molar-refractivity contribution in [2.75, 3.05) is 0 Å². The minimum atomic E-state index is -4.07. The first-order chi connectivity index (χ1) is 23.7. The molecule has 0 saturated heterocycles. The van der Waals surface area contributed by atoms with Crippen molar-refractivity contribution in [1.82, 2.24) is 19.9 Å². The minimum absolute atomic E-state index is 0.146. The van der Waals surface area contributed by atoms with E-state index in [9.17, 15) is 22.0 Å². The molecule has 0 bridgehead atoms. The number of benzene rings is 4. The molecule has 0 aliphatic rings. The molecule has 0 atom stereocenters. The Kier molecular flexibility index (Phi) is 15.6. The van der Waals surface area contributed by atoms with E-state index in [1.807, 2.05) is 18.2 Å². The number of rotatable bonds is 4. The Bertz CT molecular complexity index is 2030. The Morgan fingerprint density at radius 3 is 1.48 bits per heavy atom. The Balaban J connectivity index is 0.000000224. The maximum absolute atomic E-state index is 13.8. The fraction of sp³-hybridized carbons (Fsp3) is 0.237. The number of nitrogens with zero attached hydrogens (tertiary/aromatic N) is 4. The summed E-state index contributed by atoms with van der Waals surface area (Å²) in [6.07, 6.45) is 0.195. The standard InChI is InChI=1S/C19H19FN2.C16H12ClFN2.C3H4F3.HI.Zn/c1-4-5-14-6-7-16-17(10-14)21-11-22-19(16)15-8-12(2)18(20)13(3)9-15;1-9-5-11(6-10(2)15(9)18)16-13-4-3-12(17)7-14(13)19-8-20-16;1-2-3(4,5)6;;/h6-11H,4-5H2,1-3H3;3-8H,1-2H3;1-2H2;1H;/q;;-1;;+2/p-1. The number of aryl methyl sites for hydroxylation is 5. The van der Waals surface area contributed by atoms with Crippen LogP contribution in [-0.4, -0.2) is 26.1 Å². The van der Waals surface area contributed by atoms with Gasteiger partial charge in [-0.2, -0.15) is 13.2 Å². The zero-order valence-electron chi connectivity index (χ0n) is 28.4. The van der Waals surface area contributed by atoms with Crippen molar-refractivity contribution in [3.8, 4) is 22.5 Å². The summed E-state index contributed by atoms with van der Waals surface area (Å²) in [7, 11) is 0. The van der Waals surface area contributed by atoms with Gasteiger partial charge in [-0.05, 0) is 110 Å². The summed E-state index contributed by atoms with van der Waals surface area (Å²) < 4.78 is 59.8. The van der Waals surface area contributed by atoms with Crippen LogP contribution in [0.3, 0.4) is 0 Å². The molecule has 0 aliphatic carbocycles. The van der Waals surface area contributed by atoms with Gasteiger partial charge in [0.2, 0.25) is 0 Å². The van der Waals surface area contributed by atoms with E-state index in [2.05, 4.69) is 71.7 Å². The molecule has 12 heteroatoms. The second-order valence-corrected chi connectivity index (χ2v) is 11.9. The van der Waals surface area contributed by atoms with Gasteiger partial charge in [0, 0.05) is 26.9 Å². The van der Waals surface area contributed by atoms with E-state index in [1.54, 1.807) is 58.3 Å². The van der Waals surface area contributed by atoms with Crippen molar-refractivity contribution < 1.29 is 36.7 Å². The Morgan fingerprint density at radius 1 is 0.680 bits per heavy atom. The summed E-state index contributed by atoms with van der Waals surface area (Å²) in [6.45, 7) is 11.9. The fourth-order valence-corrected chi connectivity index (χ4v) is 5.37. The summed E-state index contributed by atoms with van der Waals surface area (Å²) in [5.74, 6) is -0.317. The molecule has 0 unspecified atom stereocenters. The molecule has 0 amide bonds. The number of aromatic nitrogens is 4. The van der Waals surface area contributed by atoms with Crippen LogP contribution in [0.15, 0.2) is 73.3 Å². The number of halogens is 7. The van der Waals surface area contributed by atoms with Crippen LogP contribution >= 0.6 is 31.4 Å². The van der Waals surface area contributed by atoms with Gasteiger partial charge in [0.1, 0.15) is 24.3 Å². The summed E-state index contributed by atoms with van der Waals surface area (Å²) >= 11 is 9.60. The van der Waals surface area contributed by atoms with Crippen LogP contribution in [0, 0.1) is 46.3 Å². The van der Waals surface area contributed by atoms with Crippen LogP contribution in [0.4, 0.5) is 22.0 Å². The summed E-state index contributed by atoms with van der Waals surface area (Å²) in [6, 6.07) is 19.1. The third-order valence-electron chi connectivity index (χ3n) is 7.54. The summed E-state index contributed by atoms with van der Waals surface area (Å²) in [4.78, 5) is 17.4. The first kappa shape index (κ1) is 41.3. The Hall–Kier alpha value is -3.15. The topological polar surface area (TPSA) is 51.6 Å². The van der Waals surface area contributed by atoms with E-state index >= 15 is 0 Å². The van der Waals surface area contributed by atoms with Crippen LogP contribution < -0.4 is 0 Å². The monoisotopic (exact) mass is 868 g/mol. The first-order valence-corrected chi connectivity index (χ1v) is 25.0. The van der Waals surface area contributed by atoms with Gasteiger partial charge in [-0.3, -0.25) is 0 Å². The van der Waals surface area contributed by atoms with E-state index in [1.165, 1.54) is 26.7 Å². The van der Waals surface area contributed by atoms with E-state index in [-0.39, 0.29) is 11.6 Å². The van der Waals surface area contributed by atoms with Gasteiger partial charge in [-0.1, -0.05) is 43.5 Å². The van der Waals surface area contributed by atoms with Crippen molar-refractivity contribution in [3.63, 3.8) is 0 Å². The molecule has 50 heavy (non-hydrogen) atoms. The third kappa shape index (κ3) is 10.9. The molecule has 2 heterocycles. The molecule has 4 nitrogen and oxygen atoms in total. The van der Waals surface area contributed by atoms with Crippen molar-refractivity contribution in [1.29, 1.82) is 0 Å². The fourth-order valence-electron chi connectivity index (χ4n) is 5.20. The molecular weight excluding hydrogens is 835 g/mol. The molecule has 258 valence electrons. The van der Waals surface area contributed by atoms with Gasteiger partial charge in [-0.25, -0.2) is 28.7 Å². The van der Waals surface area contributed by atoms with E-state index in [0.29, 0.717) is 27.3 Å². The van der Waals surface area contributed by atoms with Gasteiger partial charge in [0.25, 0.3) is 0 Å². The van der Waals surface area contributed by atoms with Crippen LogP contribution in [-0.2, 0) is 21.2 Å². The molecule has 2 aromatic heterocycles. The second kappa shape index (κ2) is 18.9. The molecule has 0 aliphatic heterocycles. The normalized spacial score (nSPS) is 10.9. The van der Waals surface area contributed by atoms with Crippen LogP contribution in [0.1, 0.15) is 47.6 Å². The SMILES string of the molecule is CCCc1ccc2c(-c3cc(C)c(F)c(C)c3)ncnc2c1.Cc1cc(-c2ncnc3cc(Cl)ccc23)cc(C)c1F.[CH2-]CC(F)(F)F.[Zn+][I]. The predicted octanol–water partition coefficient (Wildman–Crippen LogP) is 12.4.